The van der Waals surface area contributed by atoms with E-state index in [1.165, 1.54) is 6.07 Å². The molecule has 0 spiro atoms. The normalized spacial score (nSPS) is 13.9. The molecule has 0 saturated carbocycles. The van der Waals surface area contributed by atoms with Crippen LogP contribution in [0.2, 0.25) is 0 Å². The van der Waals surface area contributed by atoms with Crippen molar-refractivity contribution in [2.75, 3.05) is 37.7 Å². The number of carbonyl (C=O) groups excluding carboxylic acids is 2. The first kappa shape index (κ1) is 29.1. The first-order valence-electron chi connectivity index (χ1n) is 13.7. The Morgan fingerprint density at radius 1 is 0.952 bits per heavy atom. The molecule has 2 heterocycles. The van der Waals surface area contributed by atoms with E-state index < -0.39 is 23.1 Å². The Bertz CT molecular complexity index is 1530. The van der Waals surface area contributed by atoms with Crippen molar-refractivity contribution in [2.45, 2.75) is 12.7 Å². The van der Waals surface area contributed by atoms with Crippen LogP contribution in [0.15, 0.2) is 91.3 Å². The molecule has 0 unspecified atom stereocenters. The summed E-state index contributed by atoms with van der Waals surface area (Å²) in [6.07, 6.45) is 3.14. The average Bonchev–Trinajstić information content (AvgIpc) is 3.01. The number of nitrogens with one attached hydrogen (secondary N) is 1. The summed E-state index contributed by atoms with van der Waals surface area (Å²) >= 11 is -1.53. The molecule has 1 saturated heterocycles. The van der Waals surface area contributed by atoms with Crippen LogP contribution < -0.4 is 14.4 Å². The highest BCUT2D eigenvalue weighted by Crippen LogP contribution is 2.27. The number of rotatable bonds is 9. The van der Waals surface area contributed by atoms with E-state index in [9.17, 15) is 14.1 Å². The van der Waals surface area contributed by atoms with Gasteiger partial charge in [0.15, 0.2) is 5.75 Å². The molecule has 0 radical (unpaired) electrons. The van der Waals surface area contributed by atoms with Gasteiger partial charge in [-0.15, -0.1) is 0 Å². The molecule has 3 aromatic carbocycles. The predicted molar refractivity (Wildman–Crippen MR) is 161 cm³/mol. The number of benzene rings is 3. The molecule has 1 aliphatic heterocycles. The van der Waals surface area contributed by atoms with Gasteiger partial charge in [-0.2, -0.15) is 4.72 Å². The number of pyridine rings is 1. The molecule has 1 fully saturated rings. The molecule has 0 aliphatic carbocycles. The molecule has 1 aliphatic rings. The van der Waals surface area contributed by atoms with Crippen LogP contribution in [0.3, 0.4) is 0 Å². The number of anilines is 1. The van der Waals surface area contributed by atoms with Crippen LogP contribution in [0.4, 0.5) is 10.1 Å². The van der Waals surface area contributed by atoms with Gasteiger partial charge < -0.3 is 19.1 Å². The Balaban J connectivity index is 1.15. The van der Waals surface area contributed by atoms with E-state index in [0.717, 1.165) is 11.3 Å². The molecule has 1 N–H and O–H groups in total. The van der Waals surface area contributed by atoms with Gasteiger partial charge in [0.2, 0.25) is 0 Å². The fourth-order valence-corrected chi connectivity index (χ4v) is 5.68. The lowest BCUT2D eigenvalue weighted by molar-refractivity contribution is 0.0746. The Hall–Kier alpha value is -4.41. The van der Waals surface area contributed by atoms with E-state index in [1.807, 2.05) is 49.4 Å². The monoisotopic (exact) mass is 586 g/mol. The standard InChI is InChI=1S/C32H31FN4O4S/c1-2-41-28-18-26(20-34-21-28)29-13-10-25(19-30(29)33)32(39)37-16-14-36(15-17-37)27-11-8-24(9-12-27)31(38)35-42(40)22-23-6-4-3-5-7-23/h3-13,18-21H,2,14-17,22H2,1H3,(H,35,38)/t42-/m1/s1. The predicted octanol–water partition coefficient (Wildman–Crippen LogP) is 4.84. The molecule has 1 atom stereocenters. The van der Waals surface area contributed by atoms with Crippen LogP contribution in [0.5, 0.6) is 5.75 Å². The first-order valence-corrected chi connectivity index (χ1v) is 15.0. The number of amides is 2. The average molecular weight is 587 g/mol. The van der Waals surface area contributed by atoms with Gasteiger partial charge in [0.05, 0.1) is 24.2 Å². The lowest BCUT2D eigenvalue weighted by atomic mass is 10.0. The lowest BCUT2D eigenvalue weighted by Crippen LogP contribution is -2.48. The van der Waals surface area contributed by atoms with Gasteiger partial charge in [-0.3, -0.25) is 14.6 Å². The number of ether oxygens (including phenoxy) is 1. The van der Waals surface area contributed by atoms with Crippen LogP contribution in [0.25, 0.3) is 11.1 Å². The SMILES string of the molecule is CCOc1cncc(-c2ccc(C(=O)N3CCN(c4ccc(C(=O)N[S@+]([O-])Cc5ccccc5)cc4)CC3)cc2F)c1. The van der Waals surface area contributed by atoms with Crippen LogP contribution in [-0.2, 0) is 17.1 Å². The molecule has 10 heteroatoms. The van der Waals surface area contributed by atoms with Crippen molar-refractivity contribution >= 4 is 28.9 Å². The van der Waals surface area contributed by atoms with E-state index in [-0.39, 0.29) is 11.7 Å². The van der Waals surface area contributed by atoms with Crippen molar-refractivity contribution < 1.29 is 23.3 Å². The Morgan fingerprint density at radius 3 is 2.36 bits per heavy atom. The minimum Gasteiger partial charge on any atom is -0.593 e. The van der Waals surface area contributed by atoms with E-state index in [1.54, 1.807) is 47.6 Å². The van der Waals surface area contributed by atoms with Gasteiger partial charge in [-0.1, -0.05) is 36.4 Å². The van der Waals surface area contributed by atoms with E-state index in [2.05, 4.69) is 14.6 Å². The Morgan fingerprint density at radius 2 is 1.67 bits per heavy atom. The fourth-order valence-electron chi connectivity index (χ4n) is 4.79. The molecule has 0 bridgehead atoms. The third kappa shape index (κ3) is 7.07. The number of carbonyl (C=O) groups is 2. The zero-order valence-electron chi connectivity index (χ0n) is 23.2. The number of nitrogens with zero attached hydrogens (tertiary/aromatic N) is 3. The fraction of sp³-hybridized carbons (Fsp3) is 0.219. The number of halogens is 1. The van der Waals surface area contributed by atoms with Crippen molar-refractivity contribution in [3.63, 3.8) is 0 Å². The van der Waals surface area contributed by atoms with Gasteiger partial charge in [0.25, 0.3) is 11.8 Å². The Labute approximate surface area is 247 Å². The summed E-state index contributed by atoms with van der Waals surface area (Å²) in [4.78, 5) is 33.7. The third-order valence-corrected chi connectivity index (χ3v) is 7.97. The lowest BCUT2D eigenvalue weighted by Gasteiger charge is -2.36. The van der Waals surface area contributed by atoms with Gasteiger partial charge >= 0.3 is 0 Å². The van der Waals surface area contributed by atoms with Crippen LogP contribution in [0, 0.1) is 5.82 Å². The smallest absolute Gasteiger partial charge is 0.292 e. The second kappa shape index (κ2) is 13.5. The highest BCUT2D eigenvalue weighted by molar-refractivity contribution is 7.89. The highest BCUT2D eigenvalue weighted by Gasteiger charge is 2.24. The summed E-state index contributed by atoms with van der Waals surface area (Å²) in [6.45, 7) is 4.48. The zero-order chi connectivity index (χ0) is 29.5. The number of aromatic nitrogens is 1. The summed E-state index contributed by atoms with van der Waals surface area (Å²) in [6, 6.07) is 22.7. The van der Waals surface area contributed by atoms with Crippen molar-refractivity contribution in [1.82, 2.24) is 14.6 Å². The van der Waals surface area contributed by atoms with Crippen LogP contribution >= 0.6 is 0 Å². The van der Waals surface area contributed by atoms with Crippen LogP contribution in [-0.4, -0.2) is 59.0 Å². The van der Waals surface area contributed by atoms with Gasteiger partial charge in [-0.05, 0) is 49.4 Å². The molecular formula is C32H31FN4O4S. The molecule has 8 nitrogen and oxygen atoms in total. The van der Waals surface area contributed by atoms with E-state index in [0.29, 0.717) is 60.8 Å². The summed E-state index contributed by atoms with van der Waals surface area (Å²) < 4.78 is 35.4. The molecule has 2 amide bonds. The summed E-state index contributed by atoms with van der Waals surface area (Å²) in [5.74, 6) is -0.326. The van der Waals surface area contributed by atoms with Crippen LogP contribution in [0.1, 0.15) is 33.2 Å². The summed E-state index contributed by atoms with van der Waals surface area (Å²) in [7, 11) is 0. The first-order chi connectivity index (χ1) is 20.4. The van der Waals surface area contributed by atoms with Crippen molar-refractivity contribution in [1.29, 1.82) is 0 Å². The molecule has 5 rings (SSSR count). The maximum Gasteiger partial charge on any atom is 0.292 e. The van der Waals surface area contributed by atoms with Gasteiger partial charge in [0.1, 0.15) is 11.6 Å². The molecule has 42 heavy (non-hydrogen) atoms. The quantitative estimate of drug-likeness (QED) is 0.282. The minimum absolute atomic E-state index is 0.225. The second-order valence-electron chi connectivity index (χ2n) is 9.77. The maximum absolute atomic E-state index is 15.0. The van der Waals surface area contributed by atoms with Crippen molar-refractivity contribution in [3.05, 3.63) is 114 Å². The summed E-state index contributed by atoms with van der Waals surface area (Å²) in [5, 5.41) is 0. The van der Waals surface area contributed by atoms with Crippen molar-refractivity contribution in [2.24, 2.45) is 0 Å². The molecule has 1 aromatic heterocycles. The maximum atomic E-state index is 15.0. The molecule has 4 aromatic rings. The van der Waals surface area contributed by atoms with Gasteiger partial charge in [-0.25, -0.2) is 4.39 Å². The Kier molecular flexibility index (Phi) is 9.35. The largest absolute Gasteiger partial charge is 0.593 e. The number of hydrogen-bond donors (Lipinski definition) is 1. The topological polar surface area (TPSA) is 97.8 Å². The van der Waals surface area contributed by atoms with E-state index >= 15 is 4.39 Å². The second-order valence-corrected chi connectivity index (χ2v) is 11.0. The number of hydrogen-bond acceptors (Lipinski definition) is 6. The van der Waals surface area contributed by atoms with E-state index in [4.69, 9.17) is 4.74 Å². The summed E-state index contributed by atoms with van der Waals surface area (Å²) in [5.41, 5.74) is 3.44. The van der Waals surface area contributed by atoms with Gasteiger partial charge in [0, 0.05) is 65.9 Å². The third-order valence-electron chi connectivity index (χ3n) is 6.96. The number of piperazine rings is 1. The molecule has 216 valence electrons. The zero-order valence-corrected chi connectivity index (χ0v) is 24.0. The molecular weight excluding hydrogens is 555 g/mol. The minimum atomic E-state index is -1.53. The van der Waals surface area contributed by atoms with Crippen molar-refractivity contribution in [3.8, 4) is 16.9 Å². The highest BCUT2D eigenvalue weighted by atomic mass is 32.2.